The lowest BCUT2D eigenvalue weighted by atomic mass is 9.74. The first kappa shape index (κ1) is 13.9. The Morgan fingerprint density at radius 3 is 2.44 bits per heavy atom. The zero-order valence-electron chi connectivity index (χ0n) is 10.5. The third kappa shape index (κ3) is 3.69. The van der Waals surface area contributed by atoms with Gasteiger partial charge in [-0.25, -0.2) is 8.78 Å². The molecule has 1 saturated carbocycles. The molecule has 0 aromatic heterocycles. The van der Waals surface area contributed by atoms with Crippen LogP contribution in [0.2, 0.25) is 0 Å². The molecule has 1 N–H and O–H groups in total. The van der Waals surface area contributed by atoms with E-state index in [0.29, 0.717) is 12.5 Å². The highest BCUT2D eigenvalue weighted by Crippen LogP contribution is 2.36. The summed E-state index contributed by atoms with van der Waals surface area (Å²) in [5.41, 5.74) is 0. The molecule has 16 heavy (non-hydrogen) atoms. The molecule has 0 aliphatic heterocycles. The van der Waals surface area contributed by atoms with Crippen LogP contribution < -0.4 is 5.32 Å². The van der Waals surface area contributed by atoms with Crippen molar-refractivity contribution < 1.29 is 8.78 Å². The van der Waals surface area contributed by atoms with Gasteiger partial charge in [-0.05, 0) is 31.2 Å². The third-order valence-electron chi connectivity index (χ3n) is 3.86. The van der Waals surface area contributed by atoms with Gasteiger partial charge in [0.05, 0.1) is 6.04 Å². The molecule has 0 aromatic carbocycles. The molecule has 96 valence electrons. The number of halogens is 2. The van der Waals surface area contributed by atoms with E-state index in [2.05, 4.69) is 12.2 Å². The van der Waals surface area contributed by atoms with Gasteiger partial charge in [0.2, 0.25) is 0 Å². The maximum atomic E-state index is 13.1. The normalized spacial score (nSPS) is 28.3. The van der Waals surface area contributed by atoms with Gasteiger partial charge in [0, 0.05) is 0 Å². The van der Waals surface area contributed by atoms with Crippen molar-refractivity contribution >= 4 is 0 Å². The van der Waals surface area contributed by atoms with Crippen LogP contribution >= 0.6 is 0 Å². The largest absolute Gasteiger partial charge is 0.309 e. The molecule has 3 heteroatoms. The summed E-state index contributed by atoms with van der Waals surface area (Å²) in [5, 5.41) is 3.05. The average Bonchev–Trinajstić information content (AvgIpc) is 2.29. The molecule has 1 rings (SSSR count). The molecule has 0 aromatic rings. The predicted octanol–water partition coefficient (Wildman–Crippen LogP) is 3.84. The number of nitrogens with one attached hydrogen (secondary N) is 1. The summed E-state index contributed by atoms with van der Waals surface area (Å²) in [6.45, 7) is 4.86. The van der Waals surface area contributed by atoms with Crippen molar-refractivity contribution in [3.8, 4) is 0 Å². The van der Waals surface area contributed by atoms with Gasteiger partial charge in [-0.3, -0.25) is 0 Å². The van der Waals surface area contributed by atoms with Gasteiger partial charge in [0.25, 0.3) is 6.43 Å². The minimum absolute atomic E-state index is 0.185. The van der Waals surface area contributed by atoms with Crippen molar-refractivity contribution in [2.24, 2.45) is 11.8 Å². The molecule has 0 amide bonds. The van der Waals surface area contributed by atoms with Crippen LogP contribution in [0.25, 0.3) is 0 Å². The Labute approximate surface area is 98.0 Å². The van der Waals surface area contributed by atoms with E-state index in [1.165, 1.54) is 6.42 Å². The second-order valence-electron chi connectivity index (χ2n) is 4.93. The van der Waals surface area contributed by atoms with E-state index in [0.717, 1.165) is 32.1 Å². The second kappa shape index (κ2) is 7.21. The fraction of sp³-hybridized carbons (Fsp3) is 1.00. The van der Waals surface area contributed by atoms with E-state index in [4.69, 9.17) is 0 Å². The molecule has 0 heterocycles. The van der Waals surface area contributed by atoms with E-state index >= 15 is 0 Å². The molecule has 3 atom stereocenters. The van der Waals surface area contributed by atoms with Crippen molar-refractivity contribution in [1.82, 2.24) is 5.32 Å². The van der Waals surface area contributed by atoms with Gasteiger partial charge < -0.3 is 5.32 Å². The van der Waals surface area contributed by atoms with Crippen LogP contribution in [0.5, 0.6) is 0 Å². The predicted molar refractivity (Wildman–Crippen MR) is 63.8 cm³/mol. The maximum absolute atomic E-state index is 13.1. The topological polar surface area (TPSA) is 12.0 Å². The molecule has 0 spiro atoms. The van der Waals surface area contributed by atoms with Crippen molar-refractivity contribution in [3.63, 3.8) is 0 Å². The third-order valence-corrected chi connectivity index (χ3v) is 3.86. The highest BCUT2D eigenvalue weighted by atomic mass is 19.3. The summed E-state index contributed by atoms with van der Waals surface area (Å²) < 4.78 is 26.1. The molecule has 0 radical (unpaired) electrons. The van der Waals surface area contributed by atoms with Crippen LogP contribution in [0.4, 0.5) is 8.78 Å². The highest BCUT2D eigenvalue weighted by Gasteiger charge is 2.35. The second-order valence-corrected chi connectivity index (χ2v) is 4.93. The minimum atomic E-state index is -2.22. The first-order chi connectivity index (χ1) is 7.70. The van der Waals surface area contributed by atoms with Crippen molar-refractivity contribution in [2.75, 3.05) is 6.54 Å². The Kier molecular flexibility index (Phi) is 6.25. The van der Waals surface area contributed by atoms with E-state index in [-0.39, 0.29) is 5.92 Å². The van der Waals surface area contributed by atoms with E-state index in [9.17, 15) is 8.78 Å². The van der Waals surface area contributed by atoms with Gasteiger partial charge >= 0.3 is 0 Å². The van der Waals surface area contributed by atoms with Gasteiger partial charge in [-0.15, -0.1) is 0 Å². The van der Waals surface area contributed by atoms with Crippen LogP contribution in [-0.4, -0.2) is 19.0 Å². The SMILES string of the molecule is CCCNC(C(F)F)C1CCCCC1CC. The van der Waals surface area contributed by atoms with Crippen LogP contribution in [0, 0.1) is 11.8 Å². The zero-order valence-corrected chi connectivity index (χ0v) is 10.5. The molecule has 3 unspecified atom stereocenters. The van der Waals surface area contributed by atoms with Gasteiger partial charge in [0.15, 0.2) is 0 Å². The summed E-state index contributed by atoms with van der Waals surface area (Å²) in [4.78, 5) is 0. The standard InChI is InChI=1S/C13H25F2N/c1-3-9-16-12(13(14)15)11-8-6-5-7-10(11)4-2/h10-13,16H,3-9H2,1-2H3. The Morgan fingerprint density at radius 1 is 1.19 bits per heavy atom. The Morgan fingerprint density at radius 2 is 1.88 bits per heavy atom. The molecular weight excluding hydrogens is 208 g/mol. The molecule has 1 aliphatic carbocycles. The van der Waals surface area contributed by atoms with Gasteiger partial charge in [-0.2, -0.15) is 0 Å². The Balaban J connectivity index is 2.58. The van der Waals surface area contributed by atoms with Crippen LogP contribution in [0.15, 0.2) is 0 Å². The van der Waals surface area contributed by atoms with E-state index in [1.54, 1.807) is 0 Å². The lowest BCUT2D eigenvalue weighted by Gasteiger charge is -2.37. The maximum Gasteiger partial charge on any atom is 0.253 e. The fourth-order valence-corrected chi connectivity index (χ4v) is 2.95. The van der Waals surface area contributed by atoms with Crippen molar-refractivity contribution in [2.45, 2.75) is 64.8 Å². The summed E-state index contributed by atoms with van der Waals surface area (Å²) in [5.74, 6) is 0.683. The summed E-state index contributed by atoms with van der Waals surface area (Å²) in [6.07, 6.45) is 4.21. The van der Waals surface area contributed by atoms with Gasteiger partial charge in [0.1, 0.15) is 0 Å². The highest BCUT2D eigenvalue weighted by molar-refractivity contribution is 4.86. The zero-order chi connectivity index (χ0) is 12.0. The van der Waals surface area contributed by atoms with Crippen LogP contribution in [-0.2, 0) is 0 Å². The molecule has 0 bridgehead atoms. The number of rotatable bonds is 6. The molecule has 1 aliphatic rings. The molecule has 1 nitrogen and oxygen atoms in total. The molecule has 0 saturated heterocycles. The van der Waals surface area contributed by atoms with Crippen LogP contribution in [0.1, 0.15) is 52.4 Å². The summed E-state index contributed by atoms with van der Waals surface area (Å²) in [6, 6.07) is -0.579. The lowest BCUT2D eigenvalue weighted by molar-refractivity contribution is 0.0357. The average molecular weight is 233 g/mol. The smallest absolute Gasteiger partial charge is 0.253 e. The lowest BCUT2D eigenvalue weighted by Crippen LogP contribution is -2.46. The first-order valence-electron chi connectivity index (χ1n) is 6.72. The van der Waals surface area contributed by atoms with E-state index < -0.39 is 12.5 Å². The first-order valence-corrected chi connectivity index (χ1v) is 6.72. The van der Waals surface area contributed by atoms with Crippen LogP contribution in [0.3, 0.4) is 0 Å². The van der Waals surface area contributed by atoms with E-state index in [1.807, 2.05) is 6.92 Å². The van der Waals surface area contributed by atoms with Crippen molar-refractivity contribution in [1.29, 1.82) is 0 Å². The fourth-order valence-electron chi connectivity index (χ4n) is 2.95. The Hall–Kier alpha value is -0.180. The number of hydrogen-bond donors (Lipinski definition) is 1. The quantitative estimate of drug-likeness (QED) is 0.735. The molecular formula is C13H25F2N. The Bertz CT molecular complexity index is 185. The van der Waals surface area contributed by atoms with Gasteiger partial charge in [-0.1, -0.05) is 39.5 Å². The summed E-state index contributed by atoms with van der Waals surface area (Å²) in [7, 11) is 0. The minimum Gasteiger partial charge on any atom is -0.309 e. The van der Waals surface area contributed by atoms with Crippen molar-refractivity contribution in [3.05, 3.63) is 0 Å². The molecule has 1 fully saturated rings. The number of hydrogen-bond acceptors (Lipinski definition) is 1. The number of alkyl halides is 2. The summed E-state index contributed by atoms with van der Waals surface area (Å²) >= 11 is 0. The monoisotopic (exact) mass is 233 g/mol.